The summed E-state index contributed by atoms with van der Waals surface area (Å²) >= 11 is 0. The zero-order valence-corrected chi connectivity index (χ0v) is 19.7. The molecule has 3 aromatic rings. The first-order valence-electron chi connectivity index (χ1n) is 9.61. The fourth-order valence-corrected chi connectivity index (χ4v) is 2.95. The van der Waals surface area contributed by atoms with E-state index >= 15 is 0 Å². The van der Waals surface area contributed by atoms with E-state index in [-0.39, 0.29) is 35.8 Å². The Balaban J connectivity index is 0.00000320. The van der Waals surface area contributed by atoms with Crippen molar-refractivity contribution in [1.29, 1.82) is 0 Å². The van der Waals surface area contributed by atoms with Gasteiger partial charge in [0.15, 0.2) is 5.96 Å². The van der Waals surface area contributed by atoms with Crippen molar-refractivity contribution >= 4 is 29.9 Å². The molecule has 0 aliphatic carbocycles. The summed E-state index contributed by atoms with van der Waals surface area (Å²) in [6, 6.07) is 15.3. The Bertz CT molecular complexity index is 960. The minimum absolute atomic E-state index is 0. The van der Waals surface area contributed by atoms with Gasteiger partial charge in [-0.25, -0.2) is 9.67 Å². The molecule has 0 aliphatic heterocycles. The van der Waals surface area contributed by atoms with Crippen LogP contribution >= 0.6 is 24.0 Å². The summed E-state index contributed by atoms with van der Waals surface area (Å²) in [5, 5.41) is 21.0. The molecule has 3 rings (SSSR count). The van der Waals surface area contributed by atoms with Crippen molar-refractivity contribution in [3.8, 4) is 17.2 Å². The summed E-state index contributed by atoms with van der Waals surface area (Å²) in [7, 11) is 1.60. The van der Waals surface area contributed by atoms with Crippen LogP contribution in [0.5, 0.6) is 11.5 Å². The summed E-state index contributed by atoms with van der Waals surface area (Å²) in [5.74, 6) is 1.56. The molecule has 0 saturated carbocycles. The Labute approximate surface area is 194 Å². The second-order valence-corrected chi connectivity index (χ2v) is 6.60. The number of nitrogens with one attached hydrogen (secondary N) is 2. The van der Waals surface area contributed by atoms with Gasteiger partial charge in [-0.2, -0.15) is 5.10 Å². The van der Waals surface area contributed by atoms with Gasteiger partial charge in [-0.15, -0.1) is 24.0 Å². The molecule has 0 saturated heterocycles. The molecule has 2 aromatic carbocycles. The minimum atomic E-state index is 0. The third-order valence-corrected chi connectivity index (χ3v) is 4.53. The van der Waals surface area contributed by atoms with Gasteiger partial charge < -0.3 is 20.5 Å². The van der Waals surface area contributed by atoms with E-state index in [1.807, 2.05) is 36.0 Å². The number of rotatable bonds is 7. The second kappa shape index (κ2) is 11.4. The Kier molecular flexibility index (Phi) is 8.97. The highest BCUT2D eigenvalue weighted by molar-refractivity contribution is 14.0. The number of aliphatic imine (C=N–C) groups is 1. The van der Waals surface area contributed by atoms with Crippen LogP contribution < -0.4 is 15.4 Å². The number of aromatic hydroxyl groups is 1. The van der Waals surface area contributed by atoms with Crippen LogP contribution in [0.15, 0.2) is 65.9 Å². The first-order valence-corrected chi connectivity index (χ1v) is 9.61. The van der Waals surface area contributed by atoms with E-state index in [1.165, 1.54) is 0 Å². The molecule has 30 heavy (non-hydrogen) atoms. The van der Waals surface area contributed by atoms with Crippen molar-refractivity contribution in [2.45, 2.75) is 26.4 Å². The van der Waals surface area contributed by atoms with E-state index in [0.29, 0.717) is 23.8 Å². The molecule has 1 unspecified atom stereocenters. The van der Waals surface area contributed by atoms with E-state index in [2.05, 4.69) is 39.8 Å². The third-order valence-electron chi connectivity index (χ3n) is 4.53. The maximum Gasteiger partial charge on any atom is 0.192 e. The summed E-state index contributed by atoms with van der Waals surface area (Å²) in [6.07, 6.45) is 3.68. The number of benzene rings is 2. The molecule has 7 nitrogen and oxygen atoms in total. The molecule has 3 N–H and O–H groups in total. The number of methoxy groups -OCH3 is 1. The van der Waals surface area contributed by atoms with Gasteiger partial charge in [0.1, 0.15) is 11.5 Å². The number of hydrogen-bond acceptors (Lipinski definition) is 4. The number of phenols is 1. The Morgan fingerprint density at radius 1 is 1.23 bits per heavy atom. The molecule has 1 atom stereocenters. The summed E-state index contributed by atoms with van der Waals surface area (Å²) in [4.78, 5) is 4.62. The lowest BCUT2D eigenvalue weighted by atomic mass is 10.1. The van der Waals surface area contributed by atoms with E-state index in [4.69, 9.17) is 4.74 Å². The van der Waals surface area contributed by atoms with Crippen LogP contribution in [0.25, 0.3) is 5.69 Å². The van der Waals surface area contributed by atoms with Crippen LogP contribution in [0.4, 0.5) is 0 Å². The number of hydrogen-bond donors (Lipinski definition) is 3. The van der Waals surface area contributed by atoms with Gasteiger partial charge in [0.25, 0.3) is 0 Å². The van der Waals surface area contributed by atoms with Crippen LogP contribution in [0, 0.1) is 0 Å². The highest BCUT2D eigenvalue weighted by Crippen LogP contribution is 2.23. The van der Waals surface area contributed by atoms with Gasteiger partial charge >= 0.3 is 0 Å². The summed E-state index contributed by atoms with van der Waals surface area (Å²) in [5.41, 5.74) is 2.83. The lowest BCUT2D eigenvalue weighted by molar-refractivity contribution is 0.411. The SMILES string of the molecule is CCNC(=NCc1cc(OC)ccc1O)NC(C)c1cccc(-n2cccn2)c1.I. The van der Waals surface area contributed by atoms with Gasteiger partial charge in [-0.1, -0.05) is 12.1 Å². The number of phenolic OH excluding ortho intramolecular Hbond substituents is 1. The number of nitrogens with zero attached hydrogens (tertiary/aromatic N) is 3. The van der Waals surface area contributed by atoms with Gasteiger partial charge in [-0.3, -0.25) is 0 Å². The summed E-state index contributed by atoms with van der Waals surface area (Å²) < 4.78 is 7.06. The molecule has 1 aromatic heterocycles. The molecule has 0 spiro atoms. The molecule has 0 amide bonds. The first kappa shape index (κ1) is 23.5. The van der Waals surface area contributed by atoms with Gasteiger partial charge in [0, 0.05) is 24.5 Å². The molecule has 0 bridgehead atoms. The smallest absolute Gasteiger partial charge is 0.192 e. The van der Waals surface area contributed by atoms with Crippen molar-refractivity contribution < 1.29 is 9.84 Å². The maximum atomic E-state index is 10.1. The van der Waals surface area contributed by atoms with Crippen LogP contribution in [0.2, 0.25) is 0 Å². The normalized spacial score (nSPS) is 12.0. The van der Waals surface area contributed by atoms with Crippen molar-refractivity contribution in [2.24, 2.45) is 4.99 Å². The maximum absolute atomic E-state index is 10.1. The number of ether oxygens (including phenoxy) is 1. The molecular weight excluding hydrogens is 493 g/mol. The first-order chi connectivity index (χ1) is 14.1. The van der Waals surface area contributed by atoms with Gasteiger partial charge in [0.2, 0.25) is 0 Å². The van der Waals surface area contributed by atoms with Crippen molar-refractivity contribution in [3.63, 3.8) is 0 Å². The lowest BCUT2D eigenvalue weighted by Gasteiger charge is -2.19. The molecule has 8 heteroatoms. The average Bonchev–Trinajstić information content (AvgIpc) is 3.28. The van der Waals surface area contributed by atoms with Gasteiger partial charge in [0.05, 0.1) is 25.4 Å². The number of guanidine groups is 1. The van der Waals surface area contributed by atoms with Crippen LogP contribution in [-0.4, -0.2) is 34.5 Å². The van der Waals surface area contributed by atoms with E-state index in [1.54, 1.807) is 31.5 Å². The standard InChI is InChI=1S/C22H27N5O2.HI/c1-4-23-22(24-15-18-14-20(29-3)9-10-21(18)28)26-16(2)17-7-5-8-19(13-17)27-12-6-11-25-27;/h5-14,16,28H,4,15H2,1-3H3,(H2,23,24,26);1H. The van der Waals surface area contributed by atoms with Crippen molar-refractivity contribution in [1.82, 2.24) is 20.4 Å². The fourth-order valence-electron chi connectivity index (χ4n) is 2.95. The highest BCUT2D eigenvalue weighted by atomic mass is 127. The molecule has 160 valence electrons. The zero-order chi connectivity index (χ0) is 20.6. The van der Waals surface area contributed by atoms with Crippen LogP contribution in [0.3, 0.4) is 0 Å². The summed E-state index contributed by atoms with van der Waals surface area (Å²) in [6.45, 7) is 5.16. The third kappa shape index (κ3) is 6.12. The quantitative estimate of drug-likeness (QED) is 0.249. The number of aromatic nitrogens is 2. The van der Waals surface area contributed by atoms with Crippen molar-refractivity contribution in [2.75, 3.05) is 13.7 Å². The molecule has 1 heterocycles. The molecule has 0 fully saturated rings. The van der Waals surface area contributed by atoms with Crippen molar-refractivity contribution in [3.05, 3.63) is 72.1 Å². The Morgan fingerprint density at radius 2 is 2.07 bits per heavy atom. The minimum Gasteiger partial charge on any atom is -0.508 e. The van der Waals surface area contributed by atoms with Gasteiger partial charge in [-0.05, 0) is 55.8 Å². The largest absolute Gasteiger partial charge is 0.508 e. The monoisotopic (exact) mass is 521 g/mol. The lowest BCUT2D eigenvalue weighted by Crippen LogP contribution is -2.38. The van der Waals surface area contributed by atoms with Crippen LogP contribution in [0.1, 0.15) is 31.0 Å². The molecule has 0 aliphatic rings. The predicted octanol–water partition coefficient (Wildman–Crippen LogP) is 4.02. The predicted molar refractivity (Wildman–Crippen MR) is 130 cm³/mol. The topological polar surface area (TPSA) is 83.7 Å². The molecule has 0 radical (unpaired) electrons. The Morgan fingerprint density at radius 3 is 2.77 bits per heavy atom. The fraction of sp³-hybridized carbons (Fsp3) is 0.273. The zero-order valence-electron chi connectivity index (χ0n) is 17.4. The van der Waals surface area contributed by atoms with E-state index < -0.39 is 0 Å². The van der Waals surface area contributed by atoms with E-state index in [0.717, 1.165) is 17.8 Å². The highest BCUT2D eigenvalue weighted by Gasteiger charge is 2.10. The van der Waals surface area contributed by atoms with Crippen LogP contribution in [-0.2, 0) is 6.54 Å². The average molecular weight is 521 g/mol. The molecular formula is C22H28IN5O2. The second-order valence-electron chi connectivity index (χ2n) is 6.60. The number of halogens is 1. The van der Waals surface area contributed by atoms with E-state index in [9.17, 15) is 5.11 Å². The Hall–Kier alpha value is -2.75.